The summed E-state index contributed by atoms with van der Waals surface area (Å²) in [4.78, 5) is 11.6. The van der Waals surface area contributed by atoms with Crippen LogP contribution in [0.5, 0.6) is 0 Å². The SMILES string of the molecule is CCNc1ccccc1S(=O)(=O)c1ccc(NC(=O)C(C)(O)C(F)(F)F)c(Cl)c1.CNC. The first-order valence-corrected chi connectivity index (χ1v) is 11.2. The molecule has 7 nitrogen and oxygen atoms in total. The molecule has 0 bridgehead atoms. The van der Waals surface area contributed by atoms with Gasteiger partial charge in [-0.05, 0) is 58.3 Å². The molecular weight excluding hydrogens is 471 g/mol. The molecule has 0 heterocycles. The molecule has 4 N–H and O–H groups in total. The van der Waals surface area contributed by atoms with E-state index in [1.165, 1.54) is 6.07 Å². The molecule has 0 radical (unpaired) electrons. The number of hydrogen-bond acceptors (Lipinski definition) is 6. The fourth-order valence-electron chi connectivity index (χ4n) is 2.30. The van der Waals surface area contributed by atoms with Crippen LogP contribution in [0, 0.1) is 0 Å². The topological polar surface area (TPSA) is 108 Å². The Morgan fingerprint density at radius 3 is 2.16 bits per heavy atom. The van der Waals surface area contributed by atoms with Crippen molar-refractivity contribution in [3.63, 3.8) is 0 Å². The Balaban J connectivity index is 0.00000161. The highest BCUT2D eigenvalue weighted by Gasteiger charge is 2.55. The van der Waals surface area contributed by atoms with Crippen LogP contribution in [0.4, 0.5) is 24.5 Å². The molecule has 0 aliphatic carbocycles. The van der Waals surface area contributed by atoms with Crippen LogP contribution >= 0.6 is 11.6 Å². The van der Waals surface area contributed by atoms with E-state index in [1.54, 1.807) is 25.1 Å². The van der Waals surface area contributed by atoms with E-state index in [0.29, 0.717) is 19.2 Å². The number of carbonyl (C=O) groups excluding carboxylic acids is 1. The fraction of sp³-hybridized carbons (Fsp3) is 0.350. The Bertz CT molecular complexity index is 1040. The lowest BCUT2D eigenvalue weighted by molar-refractivity contribution is -0.242. The molecule has 0 aliphatic heterocycles. The van der Waals surface area contributed by atoms with Gasteiger partial charge in [0, 0.05) is 6.54 Å². The van der Waals surface area contributed by atoms with Crippen molar-refractivity contribution >= 4 is 38.7 Å². The molecule has 12 heteroatoms. The molecule has 0 spiro atoms. The van der Waals surface area contributed by atoms with E-state index in [9.17, 15) is 31.5 Å². The van der Waals surface area contributed by atoms with Gasteiger partial charge < -0.3 is 21.1 Å². The zero-order chi connectivity index (χ0) is 24.7. The summed E-state index contributed by atoms with van der Waals surface area (Å²) in [7, 11) is -0.250. The van der Waals surface area contributed by atoms with Crippen molar-refractivity contribution in [2.24, 2.45) is 0 Å². The van der Waals surface area contributed by atoms with Gasteiger partial charge in [0.2, 0.25) is 15.4 Å². The molecule has 2 aromatic carbocycles. The van der Waals surface area contributed by atoms with E-state index in [4.69, 9.17) is 11.6 Å². The van der Waals surface area contributed by atoms with Gasteiger partial charge in [0.15, 0.2) is 0 Å². The van der Waals surface area contributed by atoms with Gasteiger partial charge in [-0.3, -0.25) is 4.79 Å². The molecule has 0 aromatic heterocycles. The van der Waals surface area contributed by atoms with E-state index < -0.39 is 27.5 Å². The van der Waals surface area contributed by atoms with Crippen molar-refractivity contribution in [2.75, 3.05) is 31.3 Å². The summed E-state index contributed by atoms with van der Waals surface area (Å²) in [5.41, 5.74) is -3.55. The first-order chi connectivity index (χ1) is 14.7. The van der Waals surface area contributed by atoms with Crippen molar-refractivity contribution in [1.29, 1.82) is 0 Å². The van der Waals surface area contributed by atoms with Crippen molar-refractivity contribution in [2.45, 2.75) is 35.4 Å². The van der Waals surface area contributed by atoms with E-state index in [0.717, 1.165) is 18.2 Å². The zero-order valence-corrected chi connectivity index (χ0v) is 19.4. The lowest BCUT2D eigenvalue weighted by Gasteiger charge is -2.25. The second-order valence-electron chi connectivity index (χ2n) is 6.70. The van der Waals surface area contributed by atoms with E-state index in [1.807, 2.05) is 19.4 Å². The highest BCUT2D eigenvalue weighted by molar-refractivity contribution is 7.91. The normalized spacial score (nSPS) is 13.4. The Morgan fingerprint density at radius 2 is 1.66 bits per heavy atom. The Kier molecular flexibility index (Phi) is 9.51. The number of aliphatic hydroxyl groups is 1. The molecule has 1 atom stereocenters. The van der Waals surface area contributed by atoms with Crippen LogP contribution in [-0.2, 0) is 14.6 Å². The van der Waals surface area contributed by atoms with Crippen LogP contribution < -0.4 is 16.0 Å². The Morgan fingerprint density at radius 1 is 1.09 bits per heavy atom. The quantitative estimate of drug-likeness (QED) is 0.487. The minimum absolute atomic E-state index is 0.00490. The minimum Gasteiger partial charge on any atom is -0.384 e. The third-order valence-electron chi connectivity index (χ3n) is 4.04. The number of nitrogens with one attached hydrogen (secondary N) is 3. The summed E-state index contributed by atoms with van der Waals surface area (Å²) in [6.07, 6.45) is -5.21. The summed E-state index contributed by atoms with van der Waals surface area (Å²) in [5, 5.41) is 16.6. The number of hydrogen-bond donors (Lipinski definition) is 4. The number of rotatable bonds is 6. The minimum atomic E-state index is -5.21. The largest absolute Gasteiger partial charge is 0.426 e. The Labute approximate surface area is 189 Å². The molecule has 0 saturated heterocycles. The molecule has 2 rings (SSSR count). The maximum Gasteiger partial charge on any atom is 0.426 e. The average Bonchev–Trinajstić information content (AvgIpc) is 2.69. The van der Waals surface area contributed by atoms with Crippen LogP contribution in [0.15, 0.2) is 52.3 Å². The lowest BCUT2D eigenvalue weighted by atomic mass is 10.1. The highest BCUT2D eigenvalue weighted by Crippen LogP contribution is 2.34. The number of para-hydroxylation sites is 1. The summed E-state index contributed by atoms with van der Waals surface area (Å²) in [5.74, 6) is -1.75. The molecule has 0 aliphatic rings. The van der Waals surface area contributed by atoms with Crippen LogP contribution in [0.2, 0.25) is 5.02 Å². The van der Waals surface area contributed by atoms with Crippen LogP contribution in [0.25, 0.3) is 0 Å². The van der Waals surface area contributed by atoms with Crippen molar-refractivity contribution in [1.82, 2.24) is 5.32 Å². The molecule has 2 aromatic rings. The van der Waals surface area contributed by atoms with Gasteiger partial charge in [-0.25, -0.2) is 8.42 Å². The second kappa shape index (κ2) is 11.0. The number of amides is 1. The number of sulfone groups is 1. The van der Waals surface area contributed by atoms with Crippen LogP contribution in [0.3, 0.4) is 0 Å². The number of carbonyl (C=O) groups is 1. The average molecular weight is 496 g/mol. The highest BCUT2D eigenvalue weighted by atomic mass is 35.5. The van der Waals surface area contributed by atoms with Gasteiger partial charge in [-0.15, -0.1) is 0 Å². The van der Waals surface area contributed by atoms with Gasteiger partial charge in [0.1, 0.15) is 0 Å². The first kappa shape index (κ1) is 27.7. The van der Waals surface area contributed by atoms with Gasteiger partial charge in [-0.1, -0.05) is 23.7 Å². The third-order valence-corrected chi connectivity index (χ3v) is 6.16. The lowest BCUT2D eigenvalue weighted by Crippen LogP contribution is -2.52. The predicted octanol–water partition coefficient (Wildman–Crippen LogP) is 3.69. The summed E-state index contributed by atoms with van der Waals surface area (Å²) in [6, 6.07) is 9.36. The standard InChI is InChI=1S/C18H18ClF3N2O4S.C2H7N/c1-3-23-14-6-4-5-7-15(14)29(27,28)11-8-9-13(12(19)10-11)24-16(25)17(2,26)18(20,21)22;1-3-2/h4-10,23,26H,3H2,1-2H3,(H,24,25);3H,1-2H3. The number of halogens is 4. The maximum atomic E-state index is 12.9. The van der Waals surface area contributed by atoms with Crippen LogP contribution in [-0.4, -0.2) is 51.8 Å². The van der Waals surface area contributed by atoms with E-state index in [2.05, 4.69) is 10.6 Å². The van der Waals surface area contributed by atoms with Gasteiger partial charge in [0.05, 0.1) is 26.2 Å². The van der Waals surface area contributed by atoms with Gasteiger partial charge >= 0.3 is 6.18 Å². The molecule has 0 fully saturated rings. The molecule has 32 heavy (non-hydrogen) atoms. The summed E-state index contributed by atoms with van der Waals surface area (Å²) in [6.45, 7) is 2.58. The number of anilines is 2. The maximum absolute atomic E-state index is 12.9. The summed E-state index contributed by atoms with van der Waals surface area (Å²) >= 11 is 5.97. The molecule has 1 unspecified atom stereocenters. The van der Waals surface area contributed by atoms with Crippen LogP contribution in [0.1, 0.15) is 13.8 Å². The summed E-state index contributed by atoms with van der Waals surface area (Å²) < 4.78 is 64.2. The van der Waals surface area contributed by atoms with Gasteiger partial charge in [-0.2, -0.15) is 13.2 Å². The van der Waals surface area contributed by atoms with E-state index in [-0.39, 0.29) is 20.5 Å². The van der Waals surface area contributed by atoms with Crippen molar-refractivity contribution < 1.29 is 31.5 Å². The predicted molar refractivity (Wildman–Crippen MR) is 118 cm³/mol. The van der Waals surface area contributed by atoms with Crippen molar-refractivity contribution in [3.8, 4) is 0 Å². The fourth-order valence-corrected chi connectivity index (χ4v) is 4.06. The second-order valence-corrected chi connectivity index (χ2v) is 9.02. The number of benzene rings is 2. The third kappa shape index (κ3) is 6.35. The smallest absolute Gasteiger partial charge is 0.384 e. The van der Waals surface area contributed by atoms with E-state index >= 15 is 0 Å². The number of alkyl halides is 3. The Hall–Kier alpha value is -2.34. The monoisotopic (exact) mass is 495 g/mol. The van der Waals surface area contributed by atoms with Gasteiger partial charge in [0.25, 0.3) is 5.91 Å². The van der Waals surface area contributed by atoms with Crippen molar-refractivity contribution in [3.05, 3.63) is 47.5 Å². The zero-order valence-electron chi connectivity index (χ0n) is 17.8. The first-order valence-electron chi connectivity index (χ1n) is 9.30. The molecule has 1 amide bonds. The molecule has 178 valence electrons. The molecule has 0 saturated carbocycles. The molecular formula is C20H25ClF3N3O4S.